The molecule has 2 aromatic heterocycles. The molecule has 0 aliphatic carbocycles. The van der Waals surface area contributed by atoms with E-state index in [4.69, 9.17) is 4.42 Å². The highest BCUT2D eigenvalue weighted by Crippen LogP contribution is 2.11. The Morgan fingerprint density at radius 1 is 1.09 bits per heavy atom. The molecule has 0 spiro atoms. The topological polar surface area (TPSA) is 67.5 Å². The molecule has 0 fully saturated rings. The fourth-order valence-electron chi connectivity index (χ4n) is 2.18. The third-order valence-electron chi connectivity index (χ3n) is 3.35. The van der Waals surface area contributed by atoms with Gasteiger partial charge in [0.15, 0.2) is 0 Å². The quantitative estimate of drug-likeness (QED) is 0.594. The van der Waals surface area contributed by atoms with Crippen LogP contribution in [0.25, 0.3) is 0 Å². The van der Waals surface area contributed by atoms with Gasteiger partial charge in [0.2, 0.25) is 0 Å². The van der Waals surface area contributed by atoms with Crippen molar-refractivity contribution in [1.29, 1.82) is 0 Å². The summed E-state index contributed by atoms with van der Waals surface area (Å²) in [5.41, 5.74) is 5.41. The first-order valence-corrected chi connectivity index (χ1v) is 7.13. The first kappa shape index (κ1) is 14.7. The molecule has 0 atom stereocenters. The van der Waals surface area contributed by atoms with Crippen LogP contribution in [-0.2, 0) is 0 Å². The number of amides is 1. The van der Waals surface area contributed by atoms with Gasteiger partial charge >= 0.3 is 0 Å². The molecule has 2 heterocycles. The predicted octanol–water partition coefficient (Wildman–Crippen LogP) is 3.17. The van der Waals surface area contributed by atoms with Crippen LogP contribution in [0.1, 0.15) is 27.2 Å². The second-order valence-electron chi connectivity index (χ2n) is 4.90. The van der Waals surface area contributed by atoms with Gasteiger partial charge in [0.25, 0.3) is 5.91 Å². The van der Waals surface area contributed by atoms with Crippen molar-refractivity contribution in [3.63, 3.8) is 0 Å². The fourth-order valence-corrected chi connectivity index (χ4v) is 2.18. The third kappa shape index (κ3) is 3.35. The lowest BCUT2D eigenvalue weighted by Gasteiger charge is -2.07. The second-order valence-corrected chi connectivity index (χ2v) is 4.90. The standard InChI is InChI=1S/C18H15N3O2/c1-13-16(9-11-23-13)18(22)21-20-17(14-6-3-2-4-7-14)15-8-5-10-19-12-15/h2-12H,1H3,(H,21,22)/b20-17+. The van der Waals surface area contributed by atoms with Crippen molar-refractivity contribution >= 4 is 11.6 Å². The lowest BCUT2D eigenvalue weighted by atomic mass is 10.0. The molecular formula is C18H15N3O2. The number of rotatable bonds is 4. The number of hydrogen-bond acceptors (Lipinski definition) is 4. The van der Waals surface area contributed by atoms with Crippen LogP contribution >= 0.6 is 0 Å². The molecular weight excluding hydrogens is 290 g/mol. The van der Waals surface area contributed by atoms with E-state index >= 15 is 0 Å². The molecule has 114 valence electrons. The van der Waals surface area contributed by atoms with Crippen LogP contribution in [0.5, 0.6) is 0 Å². The normalized spacial score (nSPS) is 11.3. The molecule has 1 N–H and O–H groups in total. The van der Waals surface area contributed by atoms with E-state index in [2.05, 4.69) is 15.5 Å². The summed E-state index contributed by atoms with van der Waals surface area (Å²) in [6, 6.07) is 15.0. The van der Waals surface area contributed by atoms with Crippen LogP contribution in [0.3, 0.4) is 0 Å². The van der Waals surface area contributed by atoms with Crippen molar-refractivity contribution in [1.82, 2.24) is 10.4 Å². The smallest absolute Gasteiger partial charge is 0.274 e. The SMILES string of the molecule is Cc1occc1C(=O)N/N=C(\c1ccccc1)c1cccnc1. The molecule has 1 amide bonds. The first-order chi connectivity index (χ1) is 11.3. The van der Waals surface area contributed by atoms with Gasteiger partial charge in [-0.05, 0) is 25.1 Å². The number of aromatic nitrogens is 1. The number of furan rings is 1. The molecule has 23 heavy (non-hydrogen) atoms. The molecule has 3 aromatic rings. The predicted molar refractivity (Wildman–Crippen MR) is 87.2 cm³/mol. The van der Waals surface area contributed by atoms with Crippen LogP contribution < -0.4 is 5.43 Å². The molecule has 0 radical (unpaired) electrons. The van der Waals surface area contributed by atoms with Crippen molar-refractivity contribution in [2.24, 2.45) is 5.10 Å². The van der Waals surface area contributed by atoms with Gasteiger partial charge in [0, 0.05) is 23.5 Å². The third-order valence-corrected chi connectivity index (χ3v) is 3.35. The number of carbonyl (C=O) groups is 1. The Morgan fingerprint density at radius 2 is 1.87 bits per heavy atom. The monoisotopic (exact) mass is 305 g/mol. The van der Waals surface area contributed by atoms with Gasteiger partial charge < -0.3 is 4.42 Å². The van der Waals surface area contributed by atoms with Gasteiger partial charge in [-0.25, -0.2) is 5.43 Å². The fraction of sp³-hybridized carbons (Fsp3) is 0.0556. The summed E-state index contributed by atoms with van der Waals surface area (Å²) >= 11 is 0. The van der Waals surface area contributed by atoms with Gasteiger partial charge in [-0.3, -0.25) is 9.78 Å². The maximum absolute atomic E-state index is 12.2. The summed E-state index contributed by atoms with van der Waals surface area (Å²) in [6.07, 6.45) is 4.88. The summed E-state index contributed by atoms with van der Waals surface area (Å²) in [6.45, 7) is 1.73. The first-order valence-electron chi connectivity index (χ1n) is 7.13. The van der Waals surface area contributed by atoms with Gasteiger partial charge in [0.1, 0.15) is 5.76 Å². The number of carbonyl (C=O) groups excluding carboxylic acids is 1. The molecule has 0 bridgehead atoms. The Bertz CT molecular complexity index is 782. The van der Waals surface area contributed by atoms with Crippen LogP contribution in [-0.4, -0.2) is 16.6 Å². The number of pyridine rings is 1. The van der Waals surface area contributed by atoms with Crippen molar-refractivity contribution in [3.05, 3.63) is 89.6 Å². The minimum absolute atomic E-state index is 0.312. The van der Waals surface area contributed by atoms with E-state index in [1.165, 1.54) is 6.26 Å². The summed E-state index contributed by atoms with van der Waals surface area (Å²) < 4.78 is 5.14. The Balaban J connectivity index is 1.93. The zero-order valence-electron chi connectivity index (χ0n) is 12.6. The van der Waals surface area contributed by atoms with Gasteiger partial charge in [-0.15, -0.1) is 0 Å². The molecule has 1 aromatic carbocycles. The summed E-state index contributed by atoms with van der Waals surface area (Å²) in [5.74, 6) is 0.244. The zero-order valence-corrected chi connectivity index (χ0v) is 12.6. The van der Waals surface area contributed by atoms with Gasteiger partial charge in [-0.1, -0.05) is 30.3 Å². The van der Waals surface area contributed by atoms with E-state index in [1.807, 2.05) is 42.5 Å². The summed E-state index contributed by atoms with van der Waals surface area (Å²) in [4.78, 5) is 16.3. The van der Waals surface area contributed by atoms with Gasteiger partial charge in [0.05, 0.1) is 17.5 Å². The average molecular weight is 305 g/mol. The number of nitrogens with one attached hydrogen (secondary N) is 1. The highest BCUT2D eigenvalue weighted by atomic mass is 16.3. The number of hydrogen-bond donors (Lipinski definition) is 1. The average Bonchev–Trinajstić information content (AvgIpc) is 3.03. The van der Waals surface area contributed by atoms with Gasteiger partial charge in [-0.2, -0.15) is 5.10 Å². The molecule has 3 rings (SSSR count). The van der Waals surface area contributed by atoms with Crippen LogP contribution in [0.4, 0.5) is 0 Å². The van der Waals surface area contributed by atoms with E-state index in [1.54, 1.807) is 25.4 Å². The van der Waals surface area contributed by atoms with Crippen LogP contribution in [0.2, 0.25) is 0 Å². The van der Waals surface area contributed by atoms with Crippen molar-refractivity contribution in [2.75, 3.05) is 0 Å². The molecule has 0 saturated heterocycles. The minimum Gasteiger partial charge on any atom is -0.469 e. The van der Waals surface area contributed by atoms with Crippen molar-refractivity contribution in [2.45, 2.75) is 6.92 Å². The number of nitrogens with zero attached hydrogens (tertiary/aromatic N) is 2. The maximum Gasteiger partial charge on any atom is 0.274 e. The lowest BCUT2D eigenvalue weighted by molar-refractivity contribution is 0.0953. The number of benzene rings is 1. The molecule has 0 aliphatic rings. The molecule has 5 heteroatoms. The van der Waals surface area contributed by atoms with E-state index in [9.17, 15) is 4.79 Å². The van der Waals surface area contributed by atoms with E-state index in [0.717, 1.165) is 11.1 Å². The maximum atomic E-state index is 12.2. The molecule has 0 saturated carbocycles. The Morgan fingerprint density at radius 3 is 2.52 bits per heavy atom. The highest BCUT2D eigenvalue weighted by molar-refractivity contribution is 6.13. The largest absolute Gasteiger partial charge is 0.469 e. The molecule has 0 aliphatic heterocycles. The molecule has 0 unspecified atom stereocenters. The minimum atomic E-state index is -0.312. The van der Waals surface area contributed by atoms with E-state index in [-0.39, 0.29) is 5.91 Å². The summed E-state index contributed by atoms with van der Waals surface area (Å²) in [5, 5.41) is 4.30. The summed E-state index contributed by atoms with van der Waals surface area (Å²) in [7, 11) is 0. The number of aryl methyl sites for hydroxylation is 1. The zero-order chi connectivity index (χ0) is 16.1. The van der Waals surface area contributed by atoms with Crippen molar-refractivity contribution in [3.8, 4) is 0 Å². The molecule has 5 nitrogen and oxygen atoms in total. The van der Waals surface area contributed by atoms with Crippen LogP contribution in [0.15, 0.2) is 76.7 Å². The second kappa shape index (κ2) is 6.70. The van der Waals surface area contributed by atoms with E-state index < -0.39 is 0 Å². The number of hydrazone groups is 1. The van der Waals surface area contributed by atoms with E-state index in [0.29, 0.717) is 17.0 Å². The van der Waals surface area contributed by atoms with Crippen LogP contribution in [0, 0.1) is 6.92 Å². The lowest BCUT2D eigenvalue weighted by Crippen LogP contribution is -2.20. The Hall–Kier alpha value is -3.21. The Labute approximate surface area is 133 Å². The van der Waals surface area contributed by atoms with Crippen molar-refractivity contribution < 1.29 is 9.21 Å². The Kier molecular flexibility index (Phi) is 4.29. The highest BCUT2D eigenvalue weighted by Gasteiger charge is 2.12.